The second-order valence-electron chi connectivity index (χ2n) is 5.00. The minimum Gasteiger partial charge on any atom is -0.273 e. The van der Waals surface area contributed by atoms with Crippen LogP contribution < -0.4 is 5.43 Å². The molecular formula is C16H16N6O. The lowest BCUT2D eigenvalue weighted by Gasteiger charge is -2.03. The predicted molar refractivity (Wildman–Crippen MR) is 86.7 cm³/mol. The highest BCUT2D eigenvalue weighted by atomic mass is 16.2. The SMILES string of the molecule is Cc1nn(-c2ccccc2)c(C)c1C=NNC(=O)c1ccn[nH]1. The summed E-state index contributed by atoms with van der Waals surface area (Å²) in [5.41, 5.74) is 6.46. The van der Waals surface area contributed by atoms with E-state index >= 15 is 0 Å². The fourth-order valence-corrected chi connectivity index (χ4v) is 2.26. The molecular weight excluding hydrogens is 292 g/mol. The topological polar surface area (TPSA) is 88.0 Å². The Morgan fingerprint density at radius 3 is 2.74 bits per heavy atom. The van der Waals surface area contributed by atoms with Crippen LogP contribution in [0.1, 0.15) is 27.4 Å². The molecule has 0 aliphatic rings. The summed E-state index contributed by atoms with van der Waals surface area (Å²) in [6.07, 6.45) is 3.11. The van der Waals surface area contributed by atoms with Gasteiger partial charge in [-0.2, -0.15) is 15.3 Å². The molecule has 0 saturated heterocycles. The molecule has 7 heteroatoms. The molecule has 0 aliphatic heterocycles. The minimum absolute atomic E-state index is 0.343. The van der Waals surface area contributed by atoms with Gasteiger partial charge in [0, 0.05) is 11.8 Å². The zero-order valence-corrected chi connectivity index (χ0v) is 12.8. The maximum Gasteiger partial charge on any atom is 0.289 e. The number of nitrogens with zero attached hydrogens (tertiary/aromatic N) is 4. The summed E-state index contributed by atoms with van der Waals surface area (Å²) in [7, 11) is 0. The van der Waals surface area contributed by atoms with Crippen molar-refractivity contribution < 1.29 is 4.79 Å². The van der Waals surface area contributed by atoms with Crippen LogP contribution in [0, 0.1) is 13.8 Å². The zero-order chi connectivity index (χ0) is 16.2. The fraction of sp³-hybridized carbons (Fsp3) is 0.125. The van der Waals surface area contributed by atoms with Gasteiger partial charge in [0.2, 0.25) is 0 Å². The van der Waals surface area contributed by atoms with Gasteiger partial charge in [-0.05, 0) is 32.0 Å². The number of hydrazone groups is 1. The molecule has 3 rings (SSSR count). The lowest BCUT2D eigenvalue weighted by molar-refractivity contribution is 0.0950. The van der Waals surface area contributed by atoms with Crippen molar-refractivity contribution in [2.24, 2.45) is 5.10 Å². The zero-order valence-electron chi connectivity index (χ0n) is 12.8. The first-order valence-electron chi connectivity index (χ1n) is 7.11. The van der Waals surface area contributed by atoms with Crippen molar-refractivity contribution in [3.63, 3.8) is 0 Å². The van der Waals surface area contributed by atoms with Crippen LogP contribution in [0.25, 0.3) is 5.69 Å². The largest absolute Gasteiger partial charge is 0.289 e. The molecule has 0 spiro atoms. The monoisotopic (exact) mass is 308 g/mol. The van der Waals surface area contributed by atoms with E-state index < -0.39 is 0 Å². The standard InChI is InChI=1S/C16H16N6O/c1-11-14(10-18-20-16(23)15-8-9-17-19-15)12(2)22(21-11)13-6-4-3-5-7-13/h3-10H,1-2H3,(H,17,19)(H,20,23). The van der Waals surface area contributed by atoms with Gasteiger partial charge in [-0.3, -0.25) is 9.89 Å². The average molecular weight is 308 g/mol. The summed E-state index contributed by atoms with van der Waals surface area (Å²) in [6, 6.07) is 11.4. The Morgan fingerprint density at radius 1 is 1.26 bits per heavy atom. The Labute approximate surface area is 133 Å². The van der Waals surface area contributed by atoms with Crippen molar-refractivity contribution in [2.45, 2.75) is 13.8 Å². The number of benzene rings is 1. The van der Waals surface area contributed by atoms with Crippen LogP contribution in [0.3, 0.4) is 0 Å². The number of nitrogens with one attached hydrogen (secondary N) is 2. The number of aromatic amines is 1. The van der Waals surface area contributed by atoms with Gasteiger partial charge in [0.1, 0.15) is 5.69 Å². The van der Waals surface area contributed by atoms with Crippen LogP contribution in [-0.2, 0) is 0 Å². The molecule has 0 unspecified atom stereocenters. The summed E-state index contributed by atoms with van der Waals surface area (Å²) in [4.78, 5) is 11.8. The van der Waals surface area contributed by atoms with Crippen LogP contribution >= 0.6 is 0 Å². The molecule has 2 aromatic heterocycles. The molecule has 0 saturated carbocycles. The molecule has 0 atom stereocenters. The quantitative estimate of drug-likeness (QED) is 0.570. The Balaban J connectivity index is 1.80. The fourth-order valence-electron chi connectivity index (χ4n) is 2.26. The third-order valence-electron chi connectivity index (χ3n) is 3.45. The summed E-state index contributed by atoms with van der Waals surface area (Å²) in [5, 5.41) is 14.8. The smallest absolute Gasteiger partial charge is 0.273 e. The highest BCUT2D eigenvalue weighted by molar-refractivity contribution is 5.93. The van der Waals surface area contributed by atoms with Gasteiger partial charge < -0.3 is 0 Å². The van der Waals surface area contributed by atoms with Gasteiger partial charge >= 0.3 is 0 Å². The lowest BCUT2D eigenvalue weighted by atomic mass is 10.2. The number of aromatic nitrogens is 4. The number of amides is 1. The third-order valence-corrected chi connectivity index (χ3v) is 3.45. The molecule has 116 valence electrons. The summed E-state index contributed by atoms with van der Waals surface area (Å²) in [6.45, 7) is 3.87. The molecule has 23 heavy (non-hydrogen) atoms. The van der Waals surface area contributed by atoms with Crippen LogP contribution in [0.2, 0.25) is 0 Å². The number of carbonyl (C=O) groups excluding carboxylic acids is 1. The number of para-hydroxylation sites is 1. The molecule has 1 aromatic carbocycles. The van der Waals surface area contributed by atoms with E-state index in [0.717, 1.165) is 22.6 Å². The van der Waals surface area contributed by atoms with Crippen LogP contribution in [0.15, 0.2) is 47.7 Å². The third kappa shape index (κ3) is 3.03. The highest BCUT2D eigenvalue weighted by Gasteiger charge is 2.11. The van der Waals surface area contributed by atoms with Crippen molar-refractivity contribution in [1.82, 2.24) is 25.4 Å². The highest BCUT2D eigenvalue weighted by Crippen LogP contribution is 2.15. The van der Waals surface area contributed by atoms with Crippen molar-refractivity contribution in [3.05, 3.63) is 65.2 Å². The van der Waals surface area contributed by atoms with E-state index in [4.69, 9.17) is 0 Å². The predicted octanol–water partition coefficient (Wildman–Crippen LogP) is 1.98. The molecule has 2 N–H and O–H groups in total. The van der Waals surface area contributed by atoms with E-state index in [1.54, 1.807) is 12.3 Å². The Bertz CT molecular complexity index is 833. The number of H-pyrrole nitrogens is 1. The maximum absolute atomic E-state index is 11.8. The Morgan fingerprint density at radius 2 is 2.04 bits per heavy atom. The van der Waals surface area contributed by atoms with E-state index in [-0.39, 0.29) is 5.91 Å². The first kappa shape index (κ1) is 14.7. The molecule has 7 nitrogen and oxygen atoms in total. The molecule has 0 aliphatic carbocycles. The first-order valence-corrected chi connectivity index (χ1v) is 7.11. The second-order valence-corrected chi connectivity index (χ2v) is 5.00. The number of rotatable bonds is 4. The maximum atomic E-state index is 11.8. The van der Waals surface area contributed by atoms with Crippen molar-refractivity contribution >= 4 is 12.1 Å². The molecule has 1 amide bonds. The average Bonchev–Trinajstić information content (AvgIpc) is 3.19. The van der Waals surface area contributed by atoms with Crippen molar-refractivity contribution in [1.29, 1.82) is 0 Å². The first-order chi connectivity index (χ1) is 11.2. The van der Waals surface area contributed by atoms with Crippen LogP contribution in [0.5, 0.6) is 0 Å². The van der Waals surface area contributed by atoms with E-state index in [2.05, 4.69) is 25.8 Å². The van der Waals surface area contributed by atoms with E-state index in [1.807, 2.05) is 48.9 Å². The second kappa shape index (κ2) is 6.27. The van der Waals surface area contributed by atoms with Crippen LogP contribution in [-0.4, -0.2) is 32.1 Å². The normalized spacial score (nSPS) is 11.0. The van der Waals surface area contributed by atoms with E-state index in [0.29, 0.717) is 5.69 Å². The van der Waals surface area contributed by atoms with Gasteiger partial charge in [0.15, 0.2) is 0 Å². The molecule has 0 fully saturated rings. The van der Waals surface area contributed by atoms with Crippen molar-refractivity contribution in [2.75, 3.05) is 0 Å². The van der Waals surface area contributed by atoms with Gasteiger partial charge in [-0.25, -0.2) is 10.1 Å². The van der Waals surface area contributed by atoms with Gasteiger partial charge in [0.25, 0.3) is 5.91 Å². The number of carbonyl (C=O) groups is 1. The van der Waals surface area contributed by atoms with E-state index in [1.165, 1.54) is 6.20 Å². The van der Waals surface area contributed by atoms with Gasteiger partial charge in [-0.1, -0.05) is 18.2 Å². The van der Waals surface area contributed by atoms with E-state index in [9.17, 15) is 4.79 Å². The molecule has 2 heterocycles. The molecule has 0 radical (unpaired) electrons. The molecule has 0 bridgehead atoms. The van der Waals surface area contributed by atoms with Gasteiger partial charge in [-0.15, -0.1) is 0 Å². The van der Waals surface area contributed by atoms with Gasteiger partial charge in [0.05, 0.1) is 23.3 Å². The number of aryl methyl sites for hydroxylation is 1. The lowest BCUT2D eigenvalue weighted by Crippen LogP contribution is -2.18. The number of hydrogen-bond donors (Lipinski definition) is 2. The summed E-state index contributed by atoms with van der Waals surface area (Å²) >= 11 is 0. The van der Waals surface area contributed by atoms with Crippen LogP contribution in [0.4, 0.5) is 0 Å². The Hall–Kier alpha value is -3.22. The summed E-state index contributed by atoms with van der Waals surface area (Å²) in [5.74, 6) is -0.343. The number of hydrogen-bond acceptors (Lipinski definition) is 4. The minimum atomic E-state index is -0.343. The molecule has 3 aromatic rings. The Kier molecular flexibility index (Phi) is 4.01. The summed E-state index contributed by atoms with van der Waals surface area (Å²) < 4.78 is 1.85. The van der Waals surface area contributed by atoms with Crippen molar-refractivity contribution in [3.8, 4) is 5.69 Å².